The number of hydrogen-bond acceptors (Lipinski definition) is 1. The van der Waals surface area contributed by atoms with E-state index >= 15 is 0 Å². The maximum absolute atomic E-state index is 10.8. The fourth-order valence-corrected chi connectivity index (χ4v) is 0.588. The summed E-state index contributed by atoms with van der Waals surface area (Å²) in [5.41, 5.74) is 0. The Kier molecular flexibility index (Phi) is 6.30. The van der Waals surface area contributed by atoms with Gasteiger partial charge < -0.3 is 0 Å². The Labute approximate surface area is 68.1 Å². The van der Waals surface area contributed by atoms with Crippen molar-refractivity contribution in [2.75, 3.05) is 0 Å². The topological polar surface area (TPSA) is 17.1 Å². The first-order chi connectivity index (χ1) is 5.31. The predicted molar refractivity (Wildman–Crippen MR) is 48.4 cm³/mol. The third kappa shape index (κ3) is 6.78. The van der Waals surface area contributed by atoms with Crippen molar-refractivity contribution >= 4 is 5.78 Å². The zero-order valence-electron chi connectivity index (χ0n) is 6.92. The van der Waals surface area contributed by atoms with Gasteiger partial charge in [0.2, 0.25) is 0 Å². The Hall–Kier alpha value is -1.11. The lowest BCUT2D eigenvalue weighted by atomic mass is 10.2. The third-order valence-electron chi connectivity index (χ3n) is 1.11. The van der Waals surface area contributed by atoms with Crippen LogP contribution in [-0.2, 0) is 4.79 Å². The summed E-state index contributed by atoms with van der Waals surface area (Å²) in [4.78, 5) is 10.8. The summed E-state index contributed by atoms with van der Waals surface area (Å²) in [5.74, 6) is 0.0979. The van der Waals surface area contributed by atoms with E-state index in [9.17, 15) is 4.79 Å². The quantitative estimate of drug-likeness (QED) is 0.334. The third-order valence-corrected chi connectivity index (χ3v) is 1.11. The van der Waals surface area contributed by atoms with Crippen LogP contribution in [-0.4, -0.2) is 5.78 Å². The van der Waals surface area contributed by atoms with Gasteiger partial charge in [0.15, 0.2) is 5.78 Å². The van der Waals surface area contributed by atoms with Crippen LogP contribution >= 0.6 is 0 Å². The molecule has 0 unspecified atom stereocenters. The normalized spacial score (nSPS) is 11.0. The lowest BCUT2D eigenvalue weighted by Crippen LogP contribution is -1.86. The Morgan fingerprint density at radius 2 is 2.18 bits per heavy atom. The molecule has 1 heteroatoms. The summed E-state index contributed by atoms with van der Waals surface area (Å²) < 4.78 is 0. The maximum Gasteiger partial charge on any atom is 0.159 e. The standard InChI is InChI=1S/C10H14O/c1-3-5-6-7-9-10(11)8-4-2/h4-7,9H,2-3,8H2,1H3. The molecule has 0 aliphatic carbocycles. The first kappa shape index (κ1) is 9.89. The fraction of sp³-hybridized carbons (Fsp3) is 0.300. The molecule has 0 amide bonds. The maximum atomic E-state index is 10.8. The monoisotopic (exact) mass is 150 g/mol. The van der Waals surface area contributed by atoms with E-state index in [2.05, 4.69) is 13.5 Å². The van der Waals surface area contributed by atoms with E-state index in [0.29, 0.717) is 6.42 Å². The highest BCUT2D eigenvalue weighted by Crippen LogP contribution is 1.87. The van der Waals surface area contributed by atoms with Crippen LogP contribution in [0.25, 0.3) is 0 Å². The summed E-state index contributed by atoms with van der Waals surface area (Å²) in [6.45, 7) is 5.52. The minimum atomic E-state index is 0.0979. The molecule has 0 aliphatic rings. The summed E-state index contributed by atoms with van der Waals surface area (Å²) in [5, 5.41) is 0. The highest BCUT2D eigenvalue weighted by atomic mass is 16.1. The second-order valence-corrected chi connectivity index (χ2v) is 2.15. The summed E-state index contributed by atoms with van der Waals surface area (Å²) in [6, 6.07) is 0. The molecule has 60 valence electrons. The molecule has 0 aromatic heterocycles. The molecular weight excluding hydrogens is 136 g/mol. The molecule has 0 aliphatic heterocycles. The number of carbonyl (C=O) groups excluding carboxylic acids is 1. The molecule has 0 saturated heterocycles. The van der Waals surface area contributed by atoms with Gasteiger partial charge in [0.25, 0.3) is 0 Å². The van der Waals surface area contributed by atoms with Crippen LogP contribution < -0.4 is 0 Å². The van der Waals surface area contributed by atoms with Crippen LogP contribution in [0.15, 0.2) is 37.0 Å². The fourth-order valence-electron chi connectivity index (χ4n) is 0.588. The Morgan fingerprint density at radius 1 is 1.45 bits per heavy atom. The first-order valence-corrected chi connectivity index (χ1v) is 3.78. The molecule has 0 aromatic carbocycles. The van der Waals surface area contributed by atoms with E-state index in [1.807, 2.05) is 12.2 Å². The molecule has 1 nitrogen and oxygen atoms in total. The molecule has 0 spiro atoms. The molecule has 0 fully saturated rings. The van der Waals surface area contributed by atoms with Crippen LogP contribution in [0, 0.1) is 0 Å². The van der Waals surface area contributed by atoms with Gasteiger partial charge in [-0.3, -0.25) is 4.79 Å². The van der Waals surface area contributed by atoms with Crippen molar-refractivity contribution < 1.29 is 4.79 Å². The van der Waals surface area contributed by atoms with Gasteiger partial charge in [0, 0.05) is 6.42 Å². The van der Waals surface area contributed by atoms with Crippen LogP contribution in [0.4, 0.5) is 0 Å². The van der Waals surface area contributed by atoms with E-state index in [-0.39, 0.29) is 5.78 Å². The van der Waals surface area contributed by atoms with Crippen molar-refractivity contribution in [1.82, 2.24) is 0 Å². The average molecular weight is 150 g/mol. The minimum Gasteiger partial charge on any atom is -0.295 e. The summed E-state index contributed by atoms with van der Waals surface area (Å²) >= 11 is 0. The second kappa shape index (κ2) is 7.00. The molecule has 0 aromatic rings. The Morgan fingerprint density at radius 3 is 2.73 bits per heavy atom. The van der Waals surface area contributed by atoms with E-state index in [1.54, 1.807) is 18.2 Å². The van der Waals surface area contributed by atoms with Crippen molar-refractivity contribution in [1.29, 1.82) is 0 Å². The van der Waals surface area contributed by atoms with Crippen molar-refractivity contribution in [2.24, 2.45) is 0 Å². The summed E-state index contributed by atoms with van der Waals surface area (Å²) in [6.07, 6.45) is 10.2. The largest absolute Gasteiger partial charge is 0.295 e. The van der Waals surface area contributed by atoms with E-state index in [1.165, 1.54) is 0 Å². The SMILES string of the molecule is C=CCC(=O)C=CC=CCC. The summed E-state index contributed by atoms with van der Waals surface area (Å²) in [7, 11) is 0. The van der Waals surface area contributed by atoms with Crippen LogP contribution in [0.1, 0.15) is 19.8 Å². The minimum absolute atomic E-state index is 0.0979. The number of rotatable bonds is 5. The van der Waals surface area contributed by atoms with Crippen molar-refractivity contribution in [3.63, 3.8) is 0 Å². The van der Waals surface area contributed by atoms with Gasteiger partial charge >= 0.3 is 0 Å². The van der Waals surface area contributed by atoms with Crippen molar-refractivity contribution in [3.05, 3.63) is 37.0 Å². The van der Waals surface area contributed by atoms with Crippen LogP contribution in [0.5, 0.6) is 0 Å². The van der Waals surface area contributed by atoms with Gasteiger partial charge in [-0.25, -0.2) is 0 Å². The molecule has 0 N–H and O–H groups in total. The van der Waals surface area contributed by atoms with Crippen LogP contribution in [0.3, 0.4) is 0 Å². The van der Waals surface area contributed by atoms with Gasteiger partial charge in [-0.05, 0) is 12.5 Å². The molecule has 0 saturated carbocycles. The van der Waals surface area contributed by atoms with Gasteiger partial charge in [-0.1, -0.05) is 31.2 Å². The van der Waals surface area contributed by atoms with E-state index in [4.69, 9.17) is 0 Å². The van der Waals surface area contributed by atoms with Crippen molar-refractivity contribution in [2.45, 2.75) is 19.8 Å². The second-order valence-electron chi connectivity index (χ2n) is 2.15. The van der Waals surface area contributed by atoms with E-state index < -0.39 is 0 Å². The molecule has 0 heterocycles. The zero-order chi connectivity index (χ0) is 8.53. The molecule has 11 heavy (non-hydrogen) atoms. The van der Waals surface area contributed by atoms with Gasteiger partial charge in [0.1, 0.15) is 0 Å². The van der Waals surface area contributed by atoms with Gasteiger partial charge in [0.05, 0.1) is 0 Å². The highest BCUT2D eigenvalue weighted by molar-refractivity contribution is 5.90. The number of carbonyl (C=O) groups is 1. The van der Waals surface area contributed by atoms with E-state index in [0.717, 1.165) is 6.42 Å². The molecule has 0 atom stereocenters. The van der Waals surface area contributed by atoms with Gasteiger partial charge in [-0.2, -0.15) is 0 Å². The molecular formula is C10H14O. The Bertz CT molecular complexity index is 175. The number of hydrogen-bond donors (Lipinski definition) is 0. The predicted octanol–water partition coefficient (Wildman–Crippen LogP) is 2.65. The van der Waals surface area contributed by atoms with Crippen LogP contribution in [0.2, 0.25) is 0 Å². The highest BCUT2D eigenvalue weighted by Gasteiger charge is 1.87. The zero-order valence-corrected chi connectivity index (χ0v) is 6.92. The average Bonchev–Trinajstić information content (AvgIpc) is 1.99. The Balaban J connectivity index is 3.64. The lowest BCUT2D eigenvalue weighted by molar-refractivity contribution is -0.113. The first-order valence-electron chi connectivity index (χ1n) is 3.78. The molecule has 0 rings (SSSR count). The van der Waals surface area contributed by atoms with Gasteiger partial charge in [-0.15, -0.1) is 6.58 Å². The molecule has 0 radical (unpaired) electrons. The number of allylic oxidation sites excluding steroid dienone is 5. The number of ketones is 1. The lowest BCUT2D eigenvalue weighted by Gasteiger charge is -1.82. The smallest absolute Gasteiger partial charge is 0.159 e. The van der Waals surface area contributed by atoms with Crippen molar-refractivity contribution in [3.8, 4) is 0 Å². The molecule has 0 bridgehead atoms.